The SMILES string of the molecule is COC[C@@H]1CNCC[C@H]1c1ccc(Cl)c(Cl)c1. The molecule has 0 amide bonds. The Hall–Kier alpha value is -0.280. The van der Waals surface area contributed by atoms with Crippen LogP contribution in [0.25, 0.3) is 0 Å². The normalized spacial score (nSPS) is 24.9. The molecule has 0 aromatic heterocycles. The third-order valence-corrected chi connectivity index (χ3v) is 4.10. The number of hydrogen-bond acceptors (Lipinski definition) is 2. The number of ether oxygens (including phenoxy) is 1. The minimum Gasteiger partial charge on any atom is -0.384 e. The lowest BCUT2D eigenvalue weighted by Crippen LogP contribution is -2.37. The fourth-order valence-corrected chi connectivity index (χ4v) is 2.80. The second-order valence-electron chi connectivity index (χ2n) is 4.49. The fraction of sp³-hybridized carbons (Fsp3) is 0.538. The number of halogens is 2. The van der Waals surface area contributed by atoms with Gasteiger partial charge in [-0.2, -0.15) is 0 Å². The summed E-state index contributed by atoms with van der Waals surface area (Å²) in [4.78, 5) is 0. The Morgan fingerprint density at radius 3 is 2.88 bits per heavy atom. The van der Waals surface area contributed by atoms with Crippen molar-refractivity contribution >= 4 is 23.2 Å². The van der Waals surface area contributed by atoms with E-state index >= 15 is 0 Å². The third-order valence-electron chi connectivity index (χ3n) is 3.36. The fourth-order valence-electron chi connectivity index (χ4n) is 2.49. The van der Waals surface area contributed by atoms with Gasteiger partial charge in [0.25, 0.3) is 0 Å². The van der Waals surface area contributed by atoms with E-state index in [-0.39, 0.29) is 0 Å². The Morgan fingerprint density at radius 1 is 1.35 bits per heavy atom. The molecular formula is C13H17Cl2NO. The van der Waals surface area contributed by atoms with Gasteiger partial charge >= 0.3 is 0 Å². The molecule has 0 bridgehead atoms. The molecule has 0 radical (unpaired) electrons. The smallest absolute Gasteiger partial charge is 0.0595 e. The van der Waals surface area contributed by atoms with E-state index in [1.165, 1.54) is 5.56 Å². The van der Waals surface area contributed by atoms with E-state index in [4.69, 9.17) is 27.9 Å². The maximum Gasteiger partial charge on any atom is 0.0595 e. The standard InChI is InChI=1S/C13H17Cl2NO/c1-17-8-10-7-16-5-4-11(10)9-2-3-12(14)13(15)6-9/h2-3,6,10-11,16H,4-5,7-8H2,1H3/t10-,11-/m0/s1. The van der Waals surface area contributed by atoms with Gasteiger partial charge in [-0.1, -0.05) is 29.3 Å². The molecule has 1 aliphatic heterocycles. The molecule has 1 heterocycles. The molecule has 1 N–H and O–H groups in total. The van der Waals surface area contributed by atoms with Crippen molar-refractivity contribution in [3.63, 3.8) is 0 Å². The summed E-state index contributed by atoms with van der Waals surface area (Å²) in [5.41, 5.74) is 1.27. The summed E-state index contributed by atoms with van der Waals surface area (Å²) in [5.74, 6) is 1.01. The van der Waals surface area contributed by atoms with Crippen LogP contribution in [-0.2, 0) is 4.74 Å². The van der Waals surface area contributed by atoms with Crippen molar-refractivity contribution in [2.75, 3.05) is 26.8 Å². The summed E-state index contributed by atoms with van der Waals surface area (Å²) in [6.45, 7) is 2.82. The lowest BCUT2D eigenvalue weighted by atomic mass is 9.81. The van der Waals surface area contributed by atoms with Crippen LogP contribution in [0.5, 0.6) is 0 Å². The highest BCUT2D eigenvalue weighted by Crippen LogP contribution is 2.33. The van der Waals surface area contributed by atoms with Crippen LogP contribution in [0.15, 0.2) is 18.2 Å². The Balaban J connectivity index is 2.20. The molecule has 2 atom stereocenters. The summed E-state index contributed by atoms with van der Waals surface area (Å²) in [7, 11) is 1.75. The number of benzene rings is 1. The number of rotatable bonds is 3. The molecule has 0 saturated carbocycles. The Morgan fingerprint density at radius 2 is 2.18 bits per heavy atom. The maximum atomic E-state index is 6.08. The molecule has 0 aliphatic carbocycles. The number of nitrogens with one attached hydrogen (secondary N) is 1. The number of piperidine rings is 1. The second kappa shape index (κ2) is 6.05. The van der Waals surface area contributed by atoms with E-state index < -0.39 is 0 Å². The van der Waals surface area contributed by atoms with Crippen molar-refractivity contribution in [3.8, 4) is 0 Å². The van der Waals surface area contributed by atoms with Crippen molar-refractivity contribution in [3.05, 3.63) is 33.8 Å². The highest BCUT2D eigenvalue weighted by molar-refractivity contribution is 6.42. The van der Waals surface area contributed by atoms with E-state index in [2.05, 4.69) is 11.4 Å². The molecule has 17 heavy (non-hydrogen) atoms. The van der Waals surface area contributed by atoms with Gasteiger partial charge in [-0.25, -0.2) is 0 Å². The first-order valence-corrected chi connectivity index (χ1v) is 6.62. The van der Waals surface area contributed by atoms with E-state index in [0.29, 0.717) is 21.9 Å². The van der Waals surface area contributed by atoms with Crippen LogP contribution >= 0.6 is 23.2 Å². The lowest BCUT2D eigenvalue weighted by molar-refractivity contribution is 0.125. The predicted octanol–water partition coefficient (Wildman–Crippen LogP) is 3.33. The molecule has 1 aromatic carbocycles. The molecule has 1 fully saturated rings. The average Bonchev–Trinajstić information content (AvgIpc) is 2.34. The van der Waals surface area contributed by atoms with Gasteiger partial charge in [-0.15, -0.1) is 0 Å². The molecule has 1 aromatic rings. The van der Waals surface area contributed by atoms with Crippen LogP contribution in [0.4, 0.5) is 0 Å². The summed E-state index contributed by atoms with van der Waals surface area (Å²) in [6.07, 6.45) is 1.12. The van der Waals surface area contributed by atoms with Crippen LogP contribution in [0.3, 0.4) is 0 Å². The predicted molar refractivity (Wildman–Crippen MR) is 72.1 cm³/mol. The van der Waals surface area contributed by atoms with Gasteiger partial charge in [0.05, 0.1) is 16.7 Å². The molecular weight excluding hydrogens is 257 g/mol. The minimum absolute atomic E-state index is 0.506. The molecule has 2 rings (SSSR count). The summed E-state index contributed by atoms with van der Waals surface area (Å²) < 4.78 is 5.29. The Bertz CT molecular complexity index is 382. The highest BCUT2D eigenvalue weighted by Gasteiger charge is 2.26. The molecule has 2 nitrogen and oxygen atoms in total. The van der Waals surface area contributed by atoms with Gasteiger partial charge in [-0.05, 0) is 36.6 Å². The zero-order chi connectivity index (χ0) is 12.3. The molecule has 1 saturated heterocycles. The van der Waals surface area contributed by atoms with Crippen molar-refractivity contribution < 1.29 is 4.74 Å². The van der Waals surface area contributed by atoms with Crippen molar-refractivity contribution in [1.82, 2.24) is 5.32 Å². The van der Waals surface area contributed by atoms with Crippen LogP contribution in [0, 0.1) is 5.92 Å². The van der Waals surface area contributed by atoms with Crippen LogP contribution < -0.4 is 5.32 Å². The topological polar surface area (TPSA) is 21.3 Å². The first-order chi connectivity index (χ1) is 8.22. The van der Waals surface area contributed by atoms with Crippen LogP contribution in [0.2, 0.25) is 10.0 Å². The van der Waals surface area contributed by atoms with Gasteiger partial charge in [0.2, 0.25) is 0 Å². The third kappa shape index (κ3) is 3.14. The van der Waals surface area contributed by atoms with Crippen LogP contribution in [-0.4, -0.2) is 26.8 Å². The largest absolute Gasteiger partial charge is 0.384 e. The van der Waals surface area contributed by atoms with Gasteiger partial charge < -0.3 is 10.1 Å². The number of hydrogen-bond donors (Lipinski definition) is 1. The molecule has 1 aliphatic rings. The van der Waals surface area contributed by atoms with E-state index in [9.17, 15) is 0 Å². The number of methoxy groups -OCH3 is 1. The van der Waals surface area contributed by atoms with Gasteiger partial charge in [-0.3, -0.25) is 0 Å². The summed E-state index contributed by atoms with van der Waals surface area (Å²) >= 11 is 12.0. The van der Waals surface area contributed by atoms with Gasteiger partial charge in [0.15, 0.2) is 0 Å². The Kier molecular flexibility index (Phi) is 4.69. The second-order valence-corrected chi connectivity index (χ2v) is 5.30. The van der Waals surface area contributed by atoms with Gasteiger partial charge in [0, 0.05) is 19.6 Å². The van der Waals surface area contributed by atoms with E-state index in [1.54, 1.807) is 7.11 Å². The van der Waals surface area contributed by atoms with E-state index in [1.807, 2.05) is 12.1 Å². The lowest BCUT2D eigenvalue weighted by Gasteiger charge is -2.32. The summed E-state index contributed by atoms with van der Waals surface area (Å²) in [6, 6.07) is 5.94. The van der Waals surface area contributed by atoms with Gasteiger partial charge in [0.1, 0.15) is 0 Å². The van der Waals surface area contributed by atoms with Crippen molar-refractivity contribution in [2.24, 2.45) is 5.92 Å². The zero-order valence-electron chi connectivity index (χ0n) is 9.88. The zero-order valence-corrected chi connectivity index (χ0v) is 11.4. The molecule has 94 valence electrons. The quantitative estimate of drug-likeness (QED) is 0.912. The average molecular weight is 274 g/mol. The molecule has 0 unspecified atom stereocenters. The molecule has 0 spiro atoms. The van der Waals surface area contributed by atoms with Crippen LogP contribution in [0.1, 0.15) is 17.9 Å². The minimum atomic E-state index is 0.506. The maximum absolute atomic E-state index is 6.08. The molecule has 4 heteroatoms. The monoisotopic (exact) mass is 273 g/mol. The van der Waals surface area contributed by atoms with Crippen molar-refractivity contribution in [2.45, 2.75) is 12.3 Å². The van der Waals surface area contributed by atoms with Crippen molar-refractivity contribution in [1.29, 1.82) is 0 Å². The Labute approximate surface area is 112 Å². The summed E-state index contributed by atoms with van der Waals surface area (Å²) in [5, 5.41) is 4.66. The first-order valence-electron chi connectivity index (χ1n) is 5.87. The highest BCUT2D eigenvalue weighted by atomic mass is 35.5. The first kappa shape index (κ1) is 13.2. The van der Waals surface area contributed by atoms with E-state index in [0.717, 1.165) is 26.1 Å².